The summed E-state index contributed by atoms with van der Waals surface area (Å²) < 4.78 is 10.3. The molecule has 0 unspecified atom stereocenters. The molecule has 2 aromatic carbocycles. The van der Waals surface area contributed by atoms with Crippen molar-refractivity contribution in [2.24, 2.45) is 0 Å². The van der Waals surface area contributed by atoms with Crippen molar-refractivity contribution in [3.8, 4) is 0 Å². The Kier molecular flexibility index (Phi) is 6.01. The molecule has 0 spiro atoms. The number of carbonyl (C=O) groups is 3. The van der Waals surface area contributed by atoms with E-state index in [0.717, 1.165) is 0 Å². The Morgan fingerprint density at radius 1 is 0.857 bits per heavy atom. The first kappa shape index (κ1) is 19.1. The standard InChI is InChI=1S/C22H19NO5/c1-23(14-19-8-5-13-27-19)20(24)15-28-22(26)18-11-9-17(10-12-18)21(25)16-6-3-2-4-7-16/h2-13H,14-15H2,1H3. The minimum Gasteiger partial charge on any atom is -0.467 e. The van der Waals surface area contributed by atoms with Crippen LogP contribution in [-0.2, 0) is 16.1 Å². The molecule has 1 amide bonds. The molecule has 1 aromatic heterocycles. The molecule has 28 heavy (non-hydrogen) atoms. The second-order valence-corrected chi connectivity index (χ2v) is 6.18. The zero-order valence-corrected chi connectivity index (χ0v) is 15.3. The first-order valence-electron chi connectivity index (χ1n) is 8.68. The summed E-state index contributed by atoms with van der Waals surface area (Å²) in [5.41, 5.74) is 1.31. The molecule has 0 aliphatic carbocycles. The maximum absolute atomic E-state index is 12.4. The molecule has 0 aliphatic rings. The van der Waals surface area contributed by atoms with Crippen LogP contribution in [0.1, 0.15) is 32.0 Å². The molecule has 0 N–H and O–H groups in total. The normalized spacial score (nSPS) is 10.3. The van der Waals surface area contributed by atoms with Crippen molar-refractivity contribution in [3.05, 3.63) is 95.4 Å². The highest BCUT2D eigenvalue weighted by molar-refractivity contribution is 6.09. The Labute approximate surface area is 162 Å². The fourth-order valence-corrected chi connectivity index (χ4v) is 2.56. The Bertz CT molecular complexity index is 946. The Morgan fingerprint density at radius 2 is 1.50 bits per heavy atom. The topological polar surface area (TPSA) is 76.8 Å². The molecule has 0 atom stereocenters. The summed E-state index contributed by atoms with van der Waals surface area (Å²) in [6, 6.07) is 18.5. The van der Waals surface area contributed by atoms with Crippen LogP contribution < -0.4 is 0 Å². The molecule has 3 rings (SSSR count). The molecule has 6 nitrogen and oxygen atoms in total. The number of furan rings is 1. The molecule has 0 bridgehead atoms. The monoisotopic (exact) mass is 377 g/mol. The lowest BCUT2D eigenvalue weighted by Gasteiger charge is -2.15. The maximum Gasteiger partial charge on any atom is 0.338 e. The molecule has 1 heterocycles. The summed E-state index contributed by atoms with van der Waals surface area (Å²) in [4.78, 5) is 38.0. The number of ketones is 1. The molecule has 0 fully saturated rings. The number of benzene rings is 2. The van der Waals surface area contributed by atoms with Crippen LogP contribution in [0.5, 0.6) is 0 Å². The van der Waals surface area contributed by atoms with E-state index in [2.05, 4.69) is 0 Å². The molecule has 0 saturated carbocycles. The highest BCUT2D eigenvalue weighted by Crippen LogP contribution is 2.12. The maximum atomic E-state index is 12.4. The van der Waals surface area contributed by atoms with Crippen molar-refractivity contribution >= 4 is 17.7 Å². The van der Waals surface area contributed by atoms with Gasteiger partial charge in [0.25, 0.3) is 5.91 Å². The van der Waals surface area contributed by atoms with E-state index < -0.39 is 5.97 Å². The highest BCUT2D eigenvalue weighted by atomic mass is 16.5. The lowest BCUT2D eigenvalue weighted by molar-refractivity contribution is -0.133. The van der Waals surface area contributed by atoms with Gasteiger partial charge in [-0.3, -0.25) is 9.59 Å². The zero-order valence-electron chi connectivity index (χ0n) is 15.3. The summed E-state index contributed by atoms with van der Waals surface area (Å²) in [6.07, 6.45) is 1.53. The van der Waals surface area contributed by atoms with Crippen LogP contribution in [0.15, 0.2) is 77.4 Å². The van der Waals surface area contributed by atoms with Gasteiger partial charge in [-0.2, -0.15) is 0 Å². The van der Waals surface area contributed by atoms with Crippen LogP contribution in [0.3, 0.4) is 0 Å². The van der Waals surface area contributed by atoms with E-state index in [1.807, 2.05) is 6.07 Å². The first-order valence-corrected chi connectivity index (χ1v) is 8.68. The third-order valence-corrected chi connectivity index (χ3v) is 4.14. The molecule has 6 heteroatoms. The van der Waals surface area contributed by atoms with E-state index in [4.69, 9.17) is 9.15 Å². The molecule has 3 aromatic rings. The van der Waals surface area contributed by atoms with Gasteiger partial charge in [0.2, 0.25) is 0 Å². The molecule has 142 valence electrons. The molecular weight excluding hydrogens is 358 g/mol. The van der Waals surface area contributed by atoms with Crippen molar-refractivity contribution in [1.82, 2.24) is 4.90 Å². The SMILES string of the molecule is CN(Cc1ccco1)C(=O)COC(=O)c1ccc(C(=O)c2ccccc2)cc1. The summed E-state index contributed by atoms with van der Waals surface area (Å²) in [5, 5.41) is 0. The third-order valence-electron chi connectivity index (χ3n) is 4.14. The lowest BCUT2D eigenvalue weighted by Crippen LogP contribution is -2.30. The van der Waals surface area contributed by atoms with Gasteiger partial charge in [0.05, 0.1) is 18.4 Å². The molecule has 0 radical (unpaired) electrons. The summed E-state index contributed by atoms with van der Waals surface area (Å²) in [7, 11) is 1.60. The number of hydrogen-bond donors (Lipinski definition) is 0. The predicted octanol–water partition coefficient (Wildman–Crippen LogP) is 3.33. The summed E-state index contributed by atoms with van der Waals surface area (Å²) >= 11 is 0. The van der Waals surface area contributed by atoms with Crippen LogP contribution in [0, 0.1) is 0 Å². The fraction of sp³-hybridized carbons (Fsp3) is 0.136. The largest absolute Gasteiger partial charge is 0.467 e. The molecule has 0 aliphatic heterocycles. The second kappa shape index (κ2) is 8.81. The first-order chi connectivity index (χ1) is 13.5. The quantitative estimate of drug-likeness (QED) is 0.466. The lowest BCUT2D eigenvalue weighted by atomic mass is 10.0. The number of rotatable bonds is 7. The predicted molar refractivity (Wildman–Crippen MR) is 102 cm³/mol. The Balaban J connectivity index is 1.54. The van der Waals surface area contributed by atoms with Crippen molar-refractivity contribution in [3.63, 3.8) is 0 Å². The van der Waals surface area contributed by atoms with Gasteiger partial charge < -0.3 is 14.1 Å². The average Bonchev–Trinajstić information content (AvgIpc) is 3.25. The van der Waals surface area contributed by atoms with E-state index in [1.54, 1.807) is 55.6 Å². The van der Waals surface area contributed by atoms with Gasteiger partial charge >= 0.3 is 5.97 Å². The van der Waals surface area contributed by atoms with Crippen molar-refractivity contribution < 1.29 is 23.5 Å². The minimum absolute atomic E-state index is 0.129. The Morgan fingerprint density at radius 3 is 2.14 bits per heavy atom. The van der Waals surface area contributed by atoms with Crippen LogP contribution in [-0.4, -0.2) is 36.2 Å². The van der Waals surface area contributed by atoms with E-state index in [1.165, 1.54) is 23.3 Å². The highest BCUT2D eigenvalue weighted by Gasteiger charge is 2.15. The fourth-order valence-electron chi connectivity index (χ4n) is 2.56. The van der Waals surface area contributed by atoms with Crippen molar-refractivity contribution in [1.29, 1.82) is 0 Å². The number of amides is 1. The van der Waals surface area contributed by atoms with Gasteiger partial charge in [-0.25, -0.2) is 4.79 Å². The van der Waals surface area contributed by atoms with Gasteiger partial charge in [-0.15, -0.1) is 0 Å². The van der Waals surface area contributed by atoms with E-state index in [-0.39, 0.29) is 23.9 Å². The van der Waals surface area contributed by atoms with Gasteiger partial charge in [0.15, 0.2) is 12.4 Å². The van der Waals surface area contributed by atoms with Gasteiger partial charge in [0.1, 0.15) is 5.76 Å². The van der Waals surface area contributed by atoms with Crippen molar-refractivity contribution in [2.75, 3.05) is 13.7 Å². The molecule has 0 saturated heterocycles. The number of ether oxygens (including phenoxy) is 1. The number of nitrogens with zero attached hydrogens (tertiary/aromatic N) is 1. The van der Waals surface area contributed by atoms with Crippen LogP contribution in [0.4, 0.5) is 0 Å². The van der Waals surface area contributed by atoms with Crippen LogP contribution >= 0.6 is 0 Å². The minimum atomic E-state index is -0.626. The smallest absolute Gasteiger partial charge is 0.338 e. The van der Waals surface area contributed by atoms with Crippen molar-refractivity contribution in [2.45, 2.75) is 6.54 Å². The van der Waals surface area contributed by atoms with E-state index in [0.29, 0.717) is 23.4 Å². The summed E-state index contributed by atoms with van der Waals surface area (Å²) in [6.45, 7) is -0.0829. The van der Waals surface area contributed by atoms with Crippen LogP contribution in [0.25, 0.3) is 0 Å². The number of carbonyl (C=O) groups excluding carboxylic acids is 3. The van der Waals surface area contributed by atoms with Gasteiger partial charge in [-0.05, 0) is 24.3 Å². The van der Waals surface area contributed by atoms with E-state index >= 15 is 0 Å². The van der Waals surface area contributed by atoms with E-state index in [9.17, 15) is 14.4 Å². The number of hydrogen-bond acceptors (Lipinski definition) is 5. The van der Waals surface area contributed by atoms with Gasteiger partial charge in [0, 0.05) is 18.2 Å². The number of likely N-dealkylation sites (N-methyl/N-ethyl adjacent to an activating group) is 1. The molecular formula is C22H19NO5. The van der Waals surface area contributed by atoms with Crippen LogP contribution in [0.2, 0.25) is 0 Å². The number of esters is 1. The van der Waals surface area contributed by atoms with Gasteiger partial charge in [-0.1, -0.05) is 42.5 Å². The Hall–Kier alpha value is -3.67. The zero-order chi connectivity index (χ0) is 19.9. The summed E-state index contributed by atoms with van der Waals surface area (Å²) in [5.74, 6) is -0.463. The second-order valence-electron chi connectivity index (χ2n) is 6.18. The third kappa shape index (κ3) is 4.73. The average molecular weight is 377 g/mol.